The summed E-state index contributed by atoms with van der Waals surface area (Å²) < 4.78 is 39.8. The number of nitrogens with zero attached hydrogens (tertiary/aromatic N) is 3. The topological polar surface area (TPSA) is 98.7 Å². The Hall–Kier alpha value is -1.99. The first-order valence-corrected chi connectivity index (χ1v) is 11.4. The van der Waals surface area contributed by atoms with Crippen LogP contribution in [0.5, 0.6) is 0 Å². The molecule has 0 spiro atoms. The molecule has 0 bridgehead atoms. The number of rotatable bonds is 7. The molecule has 3 N–H and O–H groups in total. The second-order valence-corrected chi connectivity index (χ2v) is 9.02. The van der Waals surface area contributed by atoms with Gasteiger partial charge in [0.05, 0.1) is 5.75 Å². The number of sulfonamides is 1. The highest BCUT2D eigenvalue weighted by molar-refractivity contribution is 14.0. The van der Waals surface area contributed by atoms with Gasteiger partial charge in [-0.25, -0.2) is 22.5 Å². The first-order valence-electron chi connectivity index (χ1n) is 9.72. The fraction of sp³-hybridized carbons (Fsp3) is 0.400. The standard InChI is InChI=1S/C20H27FN6O2S.HI/c1-22-20(25-12-15-5-3-6-16(11-15)14-30(28,29)23-2)26-17-8-10-27(13-17)19-18(21)7-4-9-24-19;/h3-7,9,11,17,23H,8,10,12-14H2,1-2H3,(H2,22,25,26);1H. The summed E-state index contributed by atoms with van der Waals surface area (Å²) in [5.41, 5.74) is 1.67. The maximum Gasteiger partial charge on any atom is 0.215 e. The van der Waals surface area contributed by atoms with E-state index in [4.69, 9.17) is 0 Å². The Morgan fingerprint density at radius 1 is 1.29 bits per heavy atom. The summed E-state index contributed by atoms with van der Waals surface area (Å²) in [6.45, 7) is 1.84. The van der Waals surface area contributed by atoms with Gasteiger partial charge in [0.2, 0.25) is 10.0 Å². The average molecular weight is 562 g/mol. The fourth-order valence-electron chi connectivity index (χ4n) is 3.38. The van der Waals surface area contributed by atoms with E-state index in [-0.39, 0.29) is 41.6 Å². The van der Waals surface area contributed by atoms with Gasteiger partial charge in [-0.05, 0) is 36.7 Å². The van der Waals surface area contributed by atoms with Gasteiger partial charge >= 0.3 is 0 Å². The molecule has 1 saturated heterocycles. The van der Waals surface area contributed by atoms with Crippen molar-refractivity contribution in [3.8, 4) is 0 Å². The summed E-state index contributed by atoms with van der Waals surface area (Å²) in [6.07, 6.45) is 2.43. The number of hydrogen-bond acceptors (Lipinski definition) is 5. The monoisotopic (exact) mass is 562 g/mol. The molecule has 1 aromatic carbocycles. The van der Waals surface area contributed by atoms with Gasteiger partial charge < -0.3 is 15.5 Å². The van der Waals surface area contributed by atoms with Crippen molar-refractivity contribution in [3.63, 3.8) is 0 Å². The Labute approximate surface area is 199 Å². The van der Waals surface area contributed by atoms with Crippen molar-refractivity contribution >= 4 is 45.8 Å². The molecule has 31 heavy (non-hydrogen) atoms. The minimum Gasteiger partial charge on any atom is -0.352 e. The second-order valence-electron chi connectivity index (χ2n) is 7.09. The van der Waals surface area contributed by atoms with Crippen molar-refractivity contribution in [2.75, 3.05) is 32.1 Å². The molecule has 2 aromatic rings. The smallest absolute Gasteiger partial charge is 0.215 e. The molecule has 3 rings (SSSR count). The van der Waals surface area contributed by atoms with Crippen LogP contribution in [0.4, 0.5) is 10.2 Å². The van der Waals surface area contributed by atoms with Crippen LogP contribution in [-0.4, -0.2) is 52.6 Å². The molecule has 1 aliphatic rings. The molecule has 1 fully saturated rings. The van der Waals surface area contributed by atoms with E-state index in [1.807, 2.05) is 23.1 Å². The Morgan fingerprint density at radius 2 is 2.06 bits per heavy atom. The van der Waals surface area contributed by atoms with Gasteiger partial charge in [-0.1, -0.05) is 24.3 Å². The molecule has 1 aromatic heterocycles. The first-order chi connectivity index (χ1) is 14.4. The van der Waals surface area contributed by atoms with E-state index in [1.54, 1.807) is 25.4 Å². The molecule has 0 aliphatic carbocycles. The van der Waals surface area contributed by atoms with E-state index in [0.29, 0.717) is 31.4 Å². The third kappa shape index (κ3) is 7.28. The second kappa shape index (κ2) is 11.6. The first kappa shape index (κ1) is 25.3. The highest BCUT2D eigenvalue weighted by Crippen LogP contribution is 2.20. The molecular formula is C20H28FIN6O2S. The molecule has 0 amide bonds. The van der Waals surface area contributed by atoms with Gasteiger partial charge in [-0.2, -0.15) is 0 Å². The number of anilines is 1. The molecule has 0 radical (unpaired) electrons. The van der Waals surface area contributed by atoms with Crippen molar-refractivity contribution in [1.82, 2.24) is 20.3 Å². The van der Waals surface area contributed by atoms with Crippen LogP contribution in [0.15, 0.2) is 47.6 Å². The summed E-state index contributed by atoms with van der Waals surface area (Å²) in [5.74, 6) is 0.627. The Kier molecular flexibility index (Phi) is 9.44. The number of guanidine groups is 1. The van der Waals surface area contributed by atoms with Gasteiger partial charge in [0, 0.05) is 38.9 Å². The molecule has 1 atom stereocenters. The van der Waals surface area contributed by atoms with Gasteiger partial charge in [0.25, 0.3) is 0 Å². The van der Waals surface area contributed by atoms with E-state index in [1.165, 1.54) is 13.1 Å². The van der Waals surface area contributed by atoms with Gasteiger partial charge in [-0.3, -0.25) is 4.99 Å². The van der Waals surface area contributed by atoms with E-state index in [9.17, 15) is 12.8 Å². The number of aromatic nitrogens is 1. The van der Waals surface area contributed by atoms with Crippen molar-refractivity contribution in [3.05, 3.63) is 59.5 Å². The zero-order valence-corrected chi connectivity index (χ0v) is 20.7. The molecule has 11 heteroatoms. The Balaban J connectivity index is 0.00000341. The van der Waals surface area contributed by atoms with Crippen molar-refractivity contribution in [2.24, 2.45) is 4.99 Å². The zero-order chi connectivity index (χ0) is 21.6. The van der Waals surface area contributed by atoms with E-state index in [0.717, 1.165) is 17.5 Å². The van der Waals surface area contributed by atoms with Crippen molar-refractivity contribution < 1.29 is 12.8 Å². The van der Waals surface area contributed by atoms with E-state index < -0.39 is 10.0 Å². The van der Waals surface area contributed by atoms with Crippen molar-refractivity contribution in [1.29, 1.82) is 0 Å². The number of pyridine rings is 1. The van der Waals surface area contributed by atoms with Crippen LogP contribution >= 0.6 is 24.0 Å². The summed E-state index contributed by atoms with van der Waals surface area (Å²) in [5, 5.41) is 6.61. The number of benzene rings is 1. The molecular weight excluding hydrogens is 534 g/mol. The number of halogens is 2. The van der Waals surface area contributed by atoms with Gasteiger partial charge in [0.1, 0.15) is 0 Å². The van der Waals surface area contributed by atoms with Crippen LogP contribution in [-0.2, 0) is 22.3 Å². The summed E-state index contributed by atoms with van der Waals surface area (Å²) in [7, 11) is -0.219. The molecule has 1 aliphatic heterocycles. The lowest BCUT2D eigenvalue weighted by Crippen LogP contribution is -2.44. The van der Waals surface area contributed by atoms with Gasteiger partial charge in [0.15, 0.2) is 17.6 Å². The lowest BCUT2D eigenvalue weighted by atomic mass is 10.1. The van der Waals surface area contributed by atoms with Crippen LogP contribution in [0.1, 0.15) is 17.5 Å². The molecule has 8 nitrogen and oxygen atoms in total. The Bertz CT molecular complexity index is 1000. The number of nitrogens with one attached hydrogen (secondary N) is 3. The van der Waals surface area contributed by atoms with E-state index >= 15 is 0 Å². The number of aliphatic imine (C=N–C) groups is 1. The number of hydrogen-bond donors (Lipinski definition) is 3. The molecule has 2 heterocycles. The average Bonchev–Trinajstić information content (AvgIpc) is 3.19. The fourth-order valence-corrected chi connectivity index (χ4v) is 4.14. The minimum atomic E-state index is -3.32. The summed E-state index contributed by atoms with van der Waals surface area (Å²) in [4.78, 5) is 10.3. The minimum absolute atomic E-state index is 0. The molecule has 1 unspecified atom stereocenters. The van der Waals surface area contributed by atoms with Crippen molar-refractivity contribution in [2.45, 2.75) is 24.8 Å². The SMILES string of the molecule is CN=C(NCc1cccc(CS(=O)(=O)NC)c1)NC1CCN(c2ncccc2F)C1.I. The highest BCUT2D eigenvalue weighted by Gasteiger charge is 2.25. The largest absolute Gasteiger partial charge is 0.352 e. The van der Waals surface area contributed by atoms with Crippen LogP contribution in [0, 0.1) is 5.82 Å². The third-order valence-corrected chi connectivity index (χ3v) is 6.25. The predicted octanol–water partition coefficient (Wildman–Crippen LogP) is 1.83. The summed E-state index contributed by atoms with van der Waals surface area (Å²) >= 11 is 0. The predicted molar refractivity (Wildman–Crippen MR) is 132 cm³/mol. The van der Waals surface area contributed by atoms with Crippen LogP contribution in [0.3, 0.4) is 0 Å². The van der Waals surface area contributed by atoms with E-state index in [2.05, 4.69) is 25.3 Å². The maximum atomic E-state index is 14.0. The highest BCUT2D eigenvalue weighted by atomic mass is 127. The lowest BCUT2D eigenvalue weighted by molar-refractivity contribution is 0.587. The lowest BCUT2D eigenvalue weighted by Gasteiger charge is -2.20. The zero-order valence-electron chi connectivity index (χ0n) is 17.5. The quantitative estimate of drug-likeness (QED) is 0.271. The Morgan fingerprint density at radius 3 is 2.77 bits per heavy atom. The third-order valence-electron chi connectivity index (χ3n) is 4.91. The van der Waals surface area contributed by atoms with Crippen LogP contribution in [0.25, 0.3) is 0 Å². The summed E-state index contributed by atoms with van der Waals surface area (Å²) in [6, 6.07) is 10.5. The molecule has 0 saturated carbocycles. The van der Waals surface area contributed by atoms with Crippen LogP contribution in [0.2, 0.25) is 0 Å². The van der Waals surface area contributed by atoms with Crippen LogP contribution < -0.4 is 20.3 Å². The maximum absolute atomic E-state index is 14.0. The molecule has 170 valence electrons. The van der Waals surface area contributed by atoms with Gasteiger partial charge in [-0.15, -0.1) is 24.0 Å². The normalized spacial score (nSPS) is 16.7.